The number of hydrogen-bond acceptors (Lipinski definition) is 2. The maximum atomic E-state index is 5.39. The molecular weight excluding hydrogens is 196 g/mol. The van der Waals surface area contributed by atoms with E-state index in [4.69, 9.17) is 6.42 Å². The first-order chi connectivity index (χ1) is 7.79. The van der Waals surface area contributed by atoms with Crippen molar-refractivity contribution in [3.05, 3.63) is 0 Å². The molecule has 90 valence electrons. The highest BCUT2D eigenvalue weighted by molar-refractivity contribution is 5.01. The van der Waals surface area contributed by atoms with Gasteiger partial charge in [-0.3, -0.25) is 4.90 Å². The van der Waals surface area contributed by atoms with Crippen molar-refractivity contribution in [1.29, 1.82) is 0 Å². The second-order valence-corrected chi connectivity index (χ2v) is 5.36. The zero-order chi connectivity index (χ0) is 11.4. The third-order valence-corrected chi connectivity index (χ3v) is 4.31. The van der Waals surface area contributed by atoms with Gasteiger partial charge < -0.3 is 5.32 Å². The van der Waals surface area contributed by atoms with Crippen molar-refractivity contribution in [2.75, 3.05) is 19.6 Å². The van der Waals surface area contributed by atoms with E-state index < -0.39 is 0 Å². The first-order valence-corrected chi connectivity index (χ1v) is 6.72. The minimum atomic E-state index is 0.431. The molecule has 2 fully saturated rings. The zero-order valence-corrected chi connectivity index (χ0v) is 10.5. The lowest BCUT2D eigenvalue weighted by molar-refractivity contribution is 0.0805. The molecule has 2 nitrogen and oxygen atoms in total. The predicted octanol–water partition coefficient (Wildman–Crippen LogP) is 2.01. The Balaban J connectivity index is 1.97. The van der Waals surface area contributed by atoms with Gasteiger partial charge in [-0.15, -0.1) is 12.3 Å². The zero-order valence-electron chi connectivity index (χ0n) is 10.5. The Kier molecular flexibility index (Phi) is 3.89. The molecule has 1 unspecified atom stereocenters. The Morgan fingerprint density at radius 3 is 2.81 bits per heavy atom. The summed E-state index contributed by atoms with van der Waals surface area (Å²) in [6.45, 7) is 5.73. The average molecular weight is 220 g/mol. The first-order valence-electron chi connectivity index (χ1n) is 6.72. The smallest absolute Gasteiger partial charge is 0.0309 e. The van der Waals surface area contributed by atoms with Crippen molar-refractivity contribution in [3.63, 3.8) is 0 Å². The number of piperazine rings is 1. The van der Waals surface area contributed by atoms with E-state index in [0.29, 0.717) is 11.6 Å². The second-order valence-electron chi connectivity index (χ2n) is 5.36. The van der Waals surface area contributed by atoms with Crippen LogP contribution in [0.1, 0.15) is 45.4 Å². The van der Waals surface area contributed by atoms with Crippen LogP contribution in [-0.2, 0) is 0 Å². The van der Waals surface area contributed by atoms with Crippen molar-refractivity contribution in [2.24, 2.45) is 0 Å². The fraction of sp³-hybridized carbons (Fsp3) is 0.857. The molecule has 0 bridgehead atoms. The largest absolute Gasteiger partial charge is 0.308 e. The van der Waals surface area contributed by atoms with Crippen LogP contribution in [-0.4, -0.2) is 36.1 Å². The molecule has 1 aliphatic carbocycles. The fourth-order valence-electron chi connectivity index (χ4n) is 3.30. The summed E-state index contributed by atoms with van der Waals surface area (Å²) in [6, 6.07) is 0.694. The molecule has 1 atom stereocenters. The summed E-state index contributed by atoms with van der Waals surface area (Å²) in [5.74, 6) is 2.78. The maximum Gasteiger partial charge on any atom is 0.0309 e. The van der Waals surface area contributed by atoms with Crippen molar-refractivity contribution >= 4 is 0 Å². The number of rotatable bonds is 3. The first kappa shape index (κ1) is 12.0. The minimum absolute atomic E-state index is 0.431. The monoisotopic (exact) mass is 220 g/mol. The summed E-state index contributed by atoms with van der Waals surface area (Å²) in [5.41, 5.74) is 0.431. The molecule has 1 N–H and O–H groups in total. The minimum Gasteiger partial charge on any atom is -0.308 e. The van der Waals surface area contributed by atoms with E-state index in [1.54, 1.807) is 0 Å². The average Bonchev–Trinajstić information content (AvgIpc) is 2.75. The van der Waals surface area contributed by atoms with Gasteiger partial charge in [0.2, 0.25) is 0 Å². The van der Waals surface area contributed by atoms with Crippen LogP contribution in [0.5, 0.6) is 0 Å². The normalized spacial score (nSPS) is 29.4. The molecule has 1 saturated carbocycles. The van der Waals surface area contributed by atoms with Crippen LogP contribution < -0.4 is 5.32 Å². The molecule has 16 heavy (non-hydrogen) atoms. The van der Waals surface area contributed by atoms with Gasteiger partial charge in [0.25, 0.3) is 0 Å². The van der Waals surface area contributed by atoms with E-state index in [1.807, 2.05) is 0 Å². The molecule has 1 aliphatic heterocycles. The Hall–Kier alpha value is -0.520. The molecule has 2 rings (SSSR count). The van der Waals surface area contributed by atoms with Gasteiger partial charge in [0.15, 0.2) is 0 Å². The highest BCUT2D eigenvalue weighted by atomic mass is 15.3. The molecular formula is C14H24N2. The van der Waals surface area contributed by atoms with Crippen molar-refractivity contribution in [3.8, 4) is 12.3 Å². The van der Waals surface area contributed by atoms with E-state index in [-0.39, 0.29) is 0 Å². The maximum absolute atomic E-state index is 5.39. The van der Waals surface area contributed by atoms with E-state index in [1.165, 1.54) is 38.6 Å². The van der Waals surface area contributed by atoms with Gasteiger partial charge in [0.05, 0.1) is 0 Å². The number of nitrogens with one attached hydrogen (secondary N) is 1. The Morgan fingerprint density at radius 2 is 2.19 bits per heavy atom. The lowest BCUT2D eigenvalue weighted by Crippen LogP contribution is -2.63. The molecule has 0 aromatic heterocycles. The highest BCUT2D eigenvalue weighted by Crippen LogP contribution is 2.33. The van der Waals surface area contributed by atoms with Crippen molar-refractivity contribution in [1.82, 2.24) is 10.2 Å². The van der Waals surface area contributed by atoms with Gasteiger partial charge in [-0.25, -0.2) is 0 Å². The molecule has 0 aromatic rings. The van der Waals surface area contributed by atoms with Gasteiger partial charge >= 0.3 is 0 Å². The van der Waals surface area contributed by atoms with Gasteiger partial charge in [-0.05, 0) is 19.3 Å². The van der Waals surface area contributed by atoms with Crippen LogP contribution in [0.25, 0.3) is 0 Å². The van der Waals surface area contributed by atoms with Crippen LogP contribution in [0, 0.1) is 12.3 Å². The van der Waals surface area contributed by atoms with E-state index >= 15 is 0 Å². The molecule has 0 aromatic carbocycles. The lowest BCUT2D eigenvalue weighted by Gasteiger charge is -2.46. The molecule has 2 heteroatoms. The molecule has 1 spiro atoms. The third kappa shape index (κ3) is 2.42. The fourth-order valence-corrected chi connectivity index (χ4v) is 3.30. The molecule has 2 aliphatic rings. The SMILES string of the molecule is C#CCCN1CC2(CCCC2)NCC1CC. The number of nitrogens with zero attached hydrogens (tertiary/aromatic N) is 1. The quantitative estimate of drug-likeness (QED) is 0.732. The predicted molar refractivity (Wildman–Crippen MR) is 68.3 cm³/mol. The van der Waals surface area contributed by atoms with Gasteiger partial charge in [0.1, 0.15) is 0 Å². The second kappa shape index (κ2) is 5.21. The van der Waals surface area contributed by atoms with Crippen LogP contribution >= 0.6 is 0 Å². The summed E-state index contributed by atoms with van der Waals surface area (Å²) in [6.07, 6.45) is 13.0. The van der Waals surface area contributed by atoms with E-state index in [2.05, 4.69) is 23.1 Å². The molecule has 1 saturated heterocycles. The summed E-state index contributed by atoms with van der Waals surface area (Å²) in [5, 5.41) is 3.81. The lowest BCUT2D eigenvalue weighted by atomic mass is 9.91. The summed E-state index contributed by atoms with van der Waals surface area (Å²) in [7, 11) is 0. The van der Waals surface area contributed by atoms with Gasteiger partial charge in [-0.1, -0.05) is 19.8 Å². The van der Waals surface area contributed by atoms with Crippen molar-refractivity contribution < 1.29 is 0 Å². The summed E-state index contributed by atoms with van der Waals surface area (Å²) in [4.78, 5) is 2.63. The van der Waals surface area contributed by atoms with Gasteiger partial charge in [0, 0.05) is 37.6 Å². The van der Waals surface area contributed by atoms with Gasteiger partial charge in [-0.2, -0.15) is 0 Å². The number of hydrogen-bond donors (Lipinski definition) is 1. The van der Waals surface area contributed by atoms with Crippen molar-refractivity contribution in [2.45, 2.75) is 57.0 Å². The van der Waals surface area contributed by atoms with Crippen LogP contribution in [0.15, 0.2) is 0 Å². The Bertz CT molecular complexity index is 260. The summed E-state index contributed by atoms with van der Waals surface area (Å²) < 4.78 is 0. The Labute approximate surface area is 99.8 Å². The van der Waals surface area contributed by atoms with Crippen LogP contribution in [0.2, 0.25) is 0 Å². The van der Waals surface area contributed by atoms with Crippen LogP contribution in [0.3, 0.4) is 0 Å². The van der Waals surface area contributed by atoms with Crippen LogP contribution in [0.4, 0.5) is 0 Å². The number of terminal acetylenes is 1. The molecule has 0 amide bonds. The molecule has 0 radical (unpaired) electrons. The third-order valence-electron chi connectivity index (χ3n) is 4.31. The topological polar surface area (TPSA) is 15.3 Å². The van der Waals surface area contributed by atoms with E-state index in [0.717, 1.165) is 19.5 Å². The highest BCUT2D eigenvalue weighted by Gasteiger charge is 2.40. The molecule has 1 heterocycles. The Morgan fingerprint density at radius 1 is 1.44 bits per heavy atom. The summed E-state index contributed by atoms with van der Waals surface area (Å²) >= 11 is 0. The van der Waals surface area contributed by atoms with E-state index in [9.17, 15) is 0 Å². The standard InChI is InChI=1S/C14H24N2/c1-3-5-10-16-12-14(8-6-7-9-14)15-11-13(16)4-2/h1,13,15H,4-12H2,2H3.